The smallest absolute Gasteiger partial charge is 0.413 e. The Balaban J connectivity index is 2.27. The van der Waals surface area contributed by atoms with Gasteiger partial charge in [-0.2, -0.15) is 0 Å². The van der Waals surface area contributed by atoms with Crippen LogP contribution < -0.4 is 20.5 Å². The molecule has 2 rings (SSSR count). The maximum Gasteiger partial charge on any atom is 0.413 e. The SMILES string of the molecule is CNC(=O)Oc1cc(-c2ccc(OC[C@@](C)(N)CC(C)C)c(CN(C)C)c2)ccn1. The summed E-state index contributed by atoms with van der Waals surface area (Å²) < 4.78 is 11.3. The molecule has 0 radical (unpaired) electrons. The molecule has 3 N–H and O–H groups in total. The lowest BCUT2D eigenvalue weighted by Crippen LogP contribution is -2.43. The van der Waals surface area contributed by atoms with Crippen LogP contribution in [0.2, 0.25) is 0 Å². The summed E-state index contributed by atoms with van der Waals surface area (Å²) in [5.74, 6) is 1.57. The highest BCUT2D eigenvalue weighted by Gasteiger charge is 2.22. The minimum atomic E-state index is -0.553. The number of aromatic nitrogens is 1. The van der Waals surface area contributed by atoms with E-state index in [9.17, 15) is 4.79 Å². The molecule has 1 amide bonds. The quantitative estimate of drug-likeness (QED) is 0.651. The number of benzene rings is 1. The average Bonchev–Trinajstić information content (AvgIpc) is 2.65. The van der Waals surface area contributed by atoms with Gasteiger partial charge >= 0.3 is 6.09 Å². The third kappa shape index (κ3) is 7.31. The lowest BCUT2D eigenvalue weighted by atomic mass is 9.93. The Morgan fingerprint density at radius 1 is 1.23 bits per heavy atom. The van der Waals surface area contributed by atoms with Gasteiger partial charge in [-0.15, -0.1) is 0 Å². The number of carbonyl (C=O) groups is 1. The van der Waals surface area contributed by atoms with E-state index in [0.717, 1.165) is 35.4 Å². The molecule has 1 aromatic heterocycles. The van der Waals surface area contributed by atoms with E-state index < -0.39 is 6.09 Å². The maximum absolute atomic E-state index is 11.5. The van der Waals surface area contributed by atoms with Gasteiger partial charge < -0.3 is 25.4 Å². The molecule has 0 spiro atoms. The Bertz CT molecular complexity index is 850. The minimum absolute atomic E-state index is 0.244. The predicted molar refractivity (Wildman–Crippen MR) is 120 cm³/mol. The fraction of sp³-hybridized carbons (Fsp3) is 0.478. The van der Waals surface area contributed by atoms with Gasteiger partial charge in [0.25, 0.3) is 0 Å². The van der Waals surface area contributed by atoms with Crippen LogP contribution in [0.15, 0.2) is 36.5 Å². The van der Waals surface area contributed by atoms with Crippen LogP contribution in [-0.4, -0.2) is 49.3 Å². The highest BCUT2D eigenvalue weighted by atomic mass is 16.6. The second-order valence-electron chi connectivity index (χ2n) is 8.62. The summed E-state index contributed by atoms with van der Waals surface area (Å²) in [5, 5.41) is 2.42. The first-order chi connectivity index (χ1) is 14.1. The van der Waals surface area contributed by atoms with Crippen LogP contribution in [0.1, 0.15) is 32.8 Å². The van der Waals surface area contributed by atoms with Crippen molar-refractivity contribution in [2.75, 3.05) is 27.7 Å². The van der Waals surface area contributed by atoms with E-state index in [1.807, 2.05) is 39.2 Å². The van der Waals surface area contributed by atoms with Crippen molar-refractivity contribution in [2.24, 2.45) is 11.7 Å². The van der Waals surface area contributed by atoms with Crippen LogP contribution in [0.4, 0.5) is 4.79 Å². The number of nitrogens with one attached hydrogen (secondary N) is 1. The number of nitrogens with two attached hydrogens (primary N) is 1. The van der Waals surface area contributed by atoms with Crippen molar-refractivity contribution in [2.45, 2.75) is 39.3 Å². The summed E-state index contributed by atoms with van der Waals surface area (Å²) in [6, 6.07) is 9.67. The van der Waals surface area contributed by atoms with Crippen LogP contribution in [0.25, 0.3) is 11.1 Å². The first-order valence-corrected chi connectivity index (χ1v) is 10.1. The normalized spacial score (nSPS) is 13.2. The number of pyridine rings is 1. The van der Waals surface area contributed by atoms with Gasteiger partial charge in [0.1, 0.15) is 12.4 Å². The lowest BCUT2D eigenvalue weighted by molar-refractivity contribution is 0.201. The van der Waals surface area contributed by atoms with Crippen LogP contribution >= 0.6 is 0 Å². The van der Waals surface area contributed by atoms with Gasteiger partial charge in [-0.05, 0) is 62.7 Å². The molecular weight excluding hydrogens is 380 g/mol. The zero-order valence-electron chi connectivity index (χ0n) is 18.9. The summed E-state index contributed by atoms with van der Waals surface area (Å²) in [4.78, 5) is 17.6. The molecule has 0 fully saturated rings. The van der Waals surface area contributed by atoms with E-state index in [1.54, 1.807) is 12.3 Å². The summed E-state index contributed by atoms with van der Waals surface area (Å²) in [5.41, 5.74) is 8.97. The standard InChI is InChI=1S/C23H34N4O3/c1-16(2)13-23(3,24)15-29-20-8-7-17(11-19(20)14-27(5)6)18-9-10-26-21(12-18)30-22(28)25-4/h7-12,16H,13-15,24H2,1-6H3,(H,25,28)/t23-/m0/s1. The molecule has 2 aromatic rings. The van der Waals surface area contributed by atoms with Crippen molar-refractivity contribution in [3.63, 3.8) is 0 Å². The Labute approximate surface area is 179 Å². The first kappa shape index (κ1) is 23.6. The maximum atomic E-state index is 11.5. The Kier molecular flexibility index (Phi) is 8.20. The second-order valence-corrected chi connectivity index (χ2v) is 8.62. The number of ether oxygens (including phenoxy) is 2. The molecule has 0 aliphatic heterocycles. The van der Waals surface area contributed by atoms with Crippen molar-refractivity contribution >= 4 is 6.09 Å². The van der Waals surface area contributed by atoms with E-state index >= 15 is 0 Å². The van der Waals surface area contributed by atoms with Crippen LogP contribution in [0, 0.1) is 5.92 Å². The van der Waals surface area contributed by atoms with Gasteiger partial charge in [-0.25, -0.2) is 9.78 Å². The van der Waals surface area contributed by atoms with Crippen molar-refractivity contribution in [1.82, 2.24) is 15.2 Å². The van der Waals surface area contributed by atoms with Crippen molar-refractivity contribution in [1.29, 1.82) is 0 Å². The molecule has 0 bridgehead atoms. The largest absolute Gasteiger partial charge is 0.491 e. The second kappa shape index (κ2) is 10.4. The van der Waals surface area contributed by atoms with Gasteiger partial charge in [-0.3, -0.25) is 0 Å². The molecule has 0 aliphatic rings. The molecular formula is C23H34N4O3. The van der Waals surface area contributed by atoms with E-state index in [-0.39, 0.29) is 11.4 Å². The highest BCUT2D eigenvalue weighted by Crippen LogP contribution is 2.29. The first-order valence-electron chi connectivity index (χ1n) is 10.1. The van der Waals surface area contributed by atoms with Gasteiger partial charge in [0, 0.05) is 37.0 Å². The third-order valence-electron chi connectivity index (χ3n) is 4.45. The molecule has 0 aliphatic carbocycles. The third-order valence-corrected chi connectivity index (χ3v) is 4.45. The van der Waals surface area contributed by atoms with E-state index in [1.165, 1.54) is 7.05 Å². The molecule has 7 heteroatoms. The minimum Gasteiger partial charge on any atom is -0.491 e. The monoisotopic (exact) mass is 414 g/mol. The van der Waals surface area contributed by atoms with E-state index in [4.69, 9.17) is 15.2 Å². The number of nitrogens with zero attached hydrogens (tertiary/aromatic N) is 2. The number of carbonyl (C=O) groups excluding carboxylic acids is 1. The predicted octanol–water partition coefficient (Wildman–Crippen LogP) is 3.67. The zero-order chi connectivity index (χ0) is 22.3. The van der Waals surface area contributed by atoms with Gasteiger partial charge in [0.15, 0.2) is 0 Å². The summed E-state index contributed by atoms with van der Waals surface area (Å²) >= 11 is 0. The van der Waals surface area contributed by atoms with Gasteiger partial charge in [-0.1, -0.05) is 19.9 Å². The molecule has 0 saturated carbocycles. The van der Waals surface area contributed by atoms with E-state index in [2.05, 4.69) is 35.1 Å². The Hall–Kier alpha value is -2.64. The Morgan fingerprint density at radius 3 is 2.57 bits per heavy atom. The van der Waals surface area contributed by atoms with Crippen molar-refractivity contribution < 1.29 is 14.3 Å². The lowest BCUT2D eigenvalue weighted by Gasteiger charge is -2.27. The number of amides is 1. The average molecular weight is 415 g/mol. The summed E-state index contributed by atoms with van der Waals surface area (Å²) in [6.45, 7) is 7.52. The summed E-state index contributed by atoms with van der Waals surface area (Å²) in [6.07, 6.45) is 1.96. The van der Waals surface area contributed by atoms with Crippen molar-refractivity contribution in [3.05, 3.63) is 42.1 Å². The fourth-order valence-corrected chi connectivity index (χ4v) is 3.39. The molecule has 164 valence electrons. The molecule has 1 heterocycles. The molecule has 1 atom stereocenters. The zero-order valence-corrected chi connectivity index (χ0v) is 18.9. The highest BCUT2D eigenvalue weighted by molar-refractivity contribution is 5.71. The Morgan fingerprint density at radius 2 is 1.93 bits per heavy atom. The number of hydrogen-bond donors (Lipinski definition) is 2. The van der Waals surface area contributed by atoms with Crippen LogP contribution in [0.3, 0.4) is 0 Å². The molecule has 0 unspecified atom stereocenters. The number of rotatable bonds is 9. The van der Waals surface area contributed by atoms with Gasteiger partial charge in [0.2, 0.25) is 5.88 Å². The van der Waals surface area contributed by atoms with Crippen molar-refractivity contribution in [3.8, 4) is 22.8 Å². The fourth-order valence-electron chi connectivity index (χ4n) is 3.39. The van der Waals surface area contributed by atoms with Crippen LogP contribution in [0.5, 0.6) is 11.6 Å². The number of hydrogen-bond acceptors (Lipinski definition) is 6. The van der Waals surface area contributed by atoms with Gasteiger partial charge in [0.05, 0.1) is 0 Å². The molecule has 30 heavy (non-hydrogen) atoms. The molecule has 7 nitrogen and oxygen atoms in total. The van der Waals surface area contributed by atoms with Crippen LogP contribution in [-0.2, 0) is 6.54 Å². The summed E-state index contributed by atoms with van der Waals surface area (Å²) in [7, 11) is 5.54. The topological polar surface area (TPSA) is 89.7 Å². The molecule has 1 aromatic carbocycles. The molecule has 0 saturated heterocycles. The van der Waals surface area contributed by atoms with E-state index in [0.29, 0.717) is 12.5 Å².